The molecule has 0 aliphatic carbocycles. The molecule has 0 saturated heterocycles. The average Bonchev–Trinajstić information content (AvgIpc) is 3.30. The molecule has 0 N–H and O–H groups in total. The molecule has 65 heavy (non-hydrogen) atoms. The van der Waals surface area contributed by atoms with Gasteiger partial charge in [-0.2, -0.15) is 0 Å². The Labute approximate surface area is 402 Å². The lowest BCUT2D eigenvalue weighted by atomic mass is 10.0. The Morgan fingerprint density at radius 1 is 0.323 bits per heavy atom. The summed E-state index contributed by atoms with van der Waals surface area (Å²) in [5.41, 5.74) is 0. The molecule has 0 saturated carbocycles. The first-order valence-electron chi connectivity index (χ1n) is 27.4. The fourth-order valence-electron chi connectivity index (χ4n) is 7.65. The van der Waals surface area contributed by atoms with Gasteiger partial charge in [-0.25, -0.2) is 0 Å². The van der Waals surface area contributed by atoms with Crippen LogP contribution in [0.25, 0.3) is 0 Å². The minimum Gasteiger partial charge on any atom is -0.462 e. The molecule has 1 unspecified atom stereocenters. The Bertz CT molecular complexity index is 1230. The third-order valence-electron chi connectivity index (χ3n) is 11.7. The van der Waals surface area contributed by atoms with Gasteiger partial charge in [-0.15, -0.1) is 0 Å². The molecule has 0 radical (unpaired) electrons. The standard InChI is InChI=1S/C59H102O6/c1-4-7-10-13-16-19-22-25-28-29-30-31-32-35-37-40-43-46-49-52-58(61)64-55-56(65-59(62)53-50-47-44-41-38-34-27-24-21-18-15-12-9-6-3)54-63-57(60)51-48-45-42-39-36-33-26-23-20-17-14-11-8-5-2/h7,10,16,19,25,28,30-31,35,37,43,46,56H,4-6,8-9,11-15,17-18,20-24,26-27,29,32-34,36,38-42,44-45,47-55H2,1-3H3/b10-7-,19-16-,28-25-,31-30-,37-35-,46-43-. The van der Waals surface area contributed by atoms with Crippen LogP contribution in [0, 0.1) is 0 Å². The number of allylic oxidation sites excluding steroid dienone is 12. The second-order valence-corrected chi connectivity index (χ2v) is 18.1. The molecule has 0 rings (SSSR count). The lowest BCUT2D eigenvalue weighted by Gasteiger charge is -2.18. The van der Waals surface area contributed by atoms with Crippen molar-refractivity contribution < 1.29 is 28.6 Å². The van der Waals surface area contributed by atoms with E-state index in [4.69, 9.17) is 14.2 Å². The van der Waals surface area contributed by atoms with E-state index in [1.807, 2.05) is 6.08 Å². The second-order valence-electron chi connectivity index (χ2n) is 18.1. The predicted molar refractivity (Wildman–Crippen MR) is 279 cm³/mol. The topological polar surface area (TPSA) is 78.9 Å². The molecule has 6 nitrogen and oxygen atoms in total. The Morgan fingerprint density at radius 2 is 0.600 bits per heavy atom. The largest absolute Gasteiger partial charge is 0.462 e. The fourth-order valence-corrected chi connectivity index (χ4v) is 7.65. The van der Waals surface area contributed by atoms with Gasteiger partial charge < -0.3 is 14.2 Å². The maximum atomic E-state index is 12.8. The zero-order valence-corrected chi connectivity index (χ0v) is 42.7. The molecule has 0 heterocycles. The van der Waals surface area contributed by atoms with Crippen molar-refractivity contribution >= 4 is 17.9 Å². The first-order valence-corrected chi connectivity index (χ1v) is 27.4. The van der Waals surface area contributed by atoms with E-state index < -0.39 is 6.10 Å². The van der Waals surface area contributed by atoms with Crippen LogP contribution in [0.2, 0.25) is 0 Å². The SMILES string of the molecule is CC/C=C\C/C=C\C/C=C\C/C=C\C/C=C\C/C=C\CCC(=O)OCC(COC(=O)CCCCCCCCCCCCCCCC)OC(=O)CCCCCCCCCCCCCCCC. The van der Waals surface area contributed by atoms with Crippen LogP contribution in [0.3, 0.4) is 0 Å². The van der Waals surface area contributed by atoms with E-state index >= 15 is 0 Å². The van der Waals surface area contributed by atoms with Crippen molar-refractivity contribution in [3.63, 3.8) is 0 Å². The summed E-state index contributed by atoms with van der Waals surface area (Å²) in [5, 5.41) is 0. The Hall–Kier alpha value is -3.15. The fraction of sp³-hybridized carbons (Fsp3) is 0.746. The zero-order valence-electron chi connectivity index (χ0n) is 42.7. The van der Waals surface area contributed by atoms with Crippen LogP contribution in [-0.4, -0.2) is 37.2 Å². The van der Waals surface area contributed by atoms with Crippen LogP contribution >= 0.6 is 0 Å². The molecule has 0 spiro atoms. The number of rotatable bonds is 49. The summed E-state index contributed by atoms with van der Waals surface area (Å²) in [5.74, 6) is -0.974. The van der Waals surface area contributed by atoms with Crippen molar-refractivity contribution in [1.82, 2.24) is 0 Å². The maximum absolute atomic E-state index is 12.8. The van der Waals surface area contributed by atoms with Crippen LogP contribution in [0.5, 0.6) is 0 Å². The van der Waals surface area contributed by atoms with Crippen molar-refractivity contribution in [2.45, 2.75) is 271 Å². The highest BCUT2D eigenvalue weighted by atomic mass is 16.6. The zero-order chi connectivity index (χ0) is 47.2. The molecule has 0 fully saturated rings. The number of esters is 3. The molecule has 0 aliphatic rings. The van der Waals surface area contributed by atoms with Gasteiger partial charge in [0, 0.05) is 19.3 Å². The molecule has 0 aromatic heterocycles. The maximum Gasteiger partial charge on any atom is 0.306 e. The van der Waals surface area contributed by atoms with Gasteiger partial charge in [0.25, 0.3) is 0 Å². The van der Waals surface area contributed by atoms with E-state index in [2.05, 4.69) is 87.6 Å². The smallest absolute Gasteiger partial charge is 0.306 e. The summed E-state index contributed by atoms with van der Waals surface area (Å²) in [6.07, 6.45) is 67.5. The second kappa shape index (κ2) is 53.5. The van der Waals surface area contributed by atoms with Gasteiger partial charge in [0.15, 0.2) is 6.10 Å². The molecule has 0 bridgehead atoms. The van der Waals surface area contributed by atoms with Crippen LogP contribution < -0.4 is 0 Å². The van der Waals surface area contributed by atoms with E-state index in [0.29, 0.717) is 19.3 Å². The van der Waals surface area contributed by atoms with Crippen LogP contribution in [0.1, 0.15) is 265 Å². The molecule has 1 atom stereocenters. The van der Waals surface area contributed by atoms with E-state index in [9.17, 15) is 14.4 Å². The van der Waals surface area contributed by atoms with E-state index in [0.717, 1.165) is 77.0 Å². The highest BCUT2D eigenvalue weighted by Gasteiger charge is 2.19. The monoisotopic (exact) mass is 907 g/mol. The van der Waals surface area contributed by atoms with Gasteiger partial charge in [0.1, 0.15) is 13.2 Å². The van der Waals surface area contributed by atoms with Gasteiger partial charge in [0.05, 0.1) is 0 Å². The van der Waals surface area contributed by atoms with Crippen LogP contribution in [0.4, 0.5) is 0 Å². The molecule has 0 aromatic carbocycles. The molecular formula is C59H102O6. The lowest BCUT2D eigenvalue weighted by molar-refractivity contribution is -0.166. The van der Waals surface area contributed by atoms with Crippen molar-refractivity contribution in [3.05, 3.63) is 72.9 Å². The molecule has 0 aliphatic heterocycles. The Morgan fingerprint density at radius 3 is 0.938 bits per heavy atom. The van der Waals surface area contributed by atoms with Gasteiger partial charge in [-0.3, -0.25) is 14.4 Å². The van der Waals surface area contributed by atoms with Gasteiger partial charge in [-0.1, -0.05) is 261 Å². The summed E-state index contributed by atoms with van der Waals surface area (Å²) in [7, 11) is 0. The van der Waals surface area contributed by atoms with Crippen molar-refractivity contribution in [2.24, 2.45) is 0 Å². The molecular weight excluding hydrogens is 805 g/mol. The van der Waals surface area contributed by atoms with E-state index in [1.165, 1.54) is 141 Å². The van der Waals surface area contributed by atoms with E-state index in [-0.39, 0.29) is 37.5 Å². The molecule has 6 heteroatoms. The van der Waals surface area contributed by atoms with Crippen LogP contribution in [0.15, 0.2) is 72.9 Å². The normalized spacial score (nSPS) is 12.6. The highest BCUT2D eigenvalue weighted by Crippen LogP contribution is 2.16. The first kappa shape index (κ1) is 61.9. The average molecular weight is 907 g/mol. The van der Waals surface area contributed by atoms with Gasteiger partial charge in [0.2, 0.25) is 0 Å². The lowest BCUT2D eigenvalue weighted by Crippen LogP contribution is -2.30. The van der Waals surface area contributed by atoms with Crippen molar-refractivity contribution in [1.29, 1.82) is 0 Å². The summed E-state index contributed by atoms with van der Waals surface area (Å²) in [4.78, 5) is 38.0. The summed E-state index contributed by atoms with van der Waals surface area (Å²) in [6, 6.07) is 0. The summed E-state index contributed by atoms with van der Waals surface area (Å²) < 4.78 is 16.8. The number of carbonyl (C=O) groups is 3. The van der Waals surface area contributed by atoms with Crippen molar-refractivity contribution in [3.8, 4) is 0 Å². The number of carbonyl (C=O) groups excluding carboxylic acids is 3. The third-order valence-corrected chi connectivity index (χ3v) is 11.7. The summed E-state index contributed by atoms with van der Waals surface area (Å²) >= 11 is 0. The predicted octanol–water partition coefficient (Wildman–Crippen LogP) is 18.2. The molecule has 0 aromatic rings. The minimum absolute atomic E-state index is 0.0949. The Kier molecular flexibility index (Phi) is 50.9. The summed E-state index contributed by atoms with van der Waals surface area (Å²) in [6.45, 7) is 6.48. The minimum atomic E-state index is -0.802. The van der Waals surface area contributed by atoms with E-state index in [1.54, 1.807) is 0 Å². The van der Waals surface area contributed by atoms with Gasteiger partial charge >= 0.3 is 17.9 Å². The number of ether oxygens (including phenoxy) is 3. The number of unbranched alkanes of at least 4 members (excludes halogenated alkanes) is 26. The molecule has 374 valence electrons. The van der Waals surface area contributed by atoms with Crippen LogP contribution in [-0.2, 0) is 28.6 Å². The highest BCUT2D eigenvalue weighted by molar-refractivity contribution is 5.71. The third kappa shape index (κ3) is 51.7. The Balaban J connectivity index is 4.47. The number of hydrogen-bond donors (Lipinski definition) is 0. The number of hydrogen-bond acceptors (Lipinski definition) is 6. The quantitative estimate of drug-likeness (QED) is 0.0262. The first-order chi connectivity index (χ1) is 32.0. The van der Waals surface area contributed by atoms with Gasteiger partial charge in [-0.05, 0) is 57.8 Å². The van der Waals surface area contributed by atoms with Crippen molar-refractivity contribution in [2.75, 3.05) is 13.2 Å². The molecule has 0 amide bonds.